The van der Waals surface area contributed by atoms with Crippen LogP contribution in [0.5, 0.6) is 17.2 Å². The van der Waals surface area contributed by atoms with E-state index in [4.69, 9.17) is 14.2 Å². The fraction of sp³-hybridized carbons (Fsp3) is 0.364. The van der Waals surface area contributed by atoms with Gasteiger partial charge in [-0.1, -0.05) is 18.2 Å². The predicted molar refractivity (Wildman–Crippen MR) is 106 cm³/mol. The van der Waals surface area contributed by atoms with E-state index in [0.29, 0.717) is 48.4 Å². The second-order valence-corrected chi connectivity index (χ2v) is 7.20. The number of hydrogen-bond acceptors (Lipinski definition) is 5. The maximum atomic E-state index is 12.4. The highest BCUT2D eigenvalue weighted by Gasteiger charge is 2.24. The molecule has 0 saturated carbocycles. The highest BCUT2D eigenvalue weighted by atomic mass is 16.7. The third-order valence-electron chi connectivity index (χ3n) is 5.26. The molecular weight excluding hydrogens is 372 g/mol. The van der Waals surface area contributed by atoms with Gasteiger partial charge in [0.15, 0.2) is 18.1 Å². The van der Waals surface area contributed by atoms with Crippen molar-refractivity contribution in [1.82, 2.24) is 10.2 Å². The molecule has 4 rings (SSSR count). The largest absolute Gasteiger partial charge is 0.484 e. The van der Waals surface area contributed by atoms with Crippen LogP contribution in [0.4, 0.5) is 0 Å². The number of amides is 2. The van der Waals surface area contributed by atoms with Gasteiger partial charge in [0.25, 0.3) is 11.8 Å². The van der Waals surface area contributed by atoms with Crippen LogP contribution in [0.2, 0.25) is 0 Å². The third kappa shape index (κ3) is 4.80. The fourth-order valence-electron chi connectivity index (χ4n) is 3.52. The Hall–Kier alpha value is -3.22. The molecular formula is C22H24N2O5. The van der Waals surface area contributed by atoms with E-state index in [1.165, 1.54) is 0 Å². The number of nitrogens with zero attached hydrogens (tertiary/aromatic N) is 1. The highest BCUT2D eigenvalue weighted by Crippen LogP contribution is 2.32. The number of hydrogen-bond donors (Lipinski definition) is 1. The average Bonchev–Trinajstić information content (AvgIpc) is 3.25. The third-order valence-corrected chi connectivity index (χ3v) is 5.26. The molecule has 7 heteroatoms. The Morgan fingerprint density at radius 3 is 2.59 bits per heavy atom. The van der Waals surface area contributed by atoms with Crippen LogP contribution in [0, 0.1) is 5.92 Å². The molecule has 2 amide bonds. The molecule has 29 heavy (non-hydrogen) atoms. The van der Waals surface area contributed by atoms with Crippen LogP contribution in [-0.2, 0) is 4.79 Å². The normalized spacial score (nSPS) is 15.8. The molecule has 2 aliphatic rings. The summed E-state index contributed by atoms with van der Waals surface area (Å²) >= 11 is 0. The SMILES string of the molecule is O=C(NCC1CCN(C(=O)COc2ccccc2)CC1)c1ccc2c(c1)OCO2. The minimum absolute atomic E-state index is 0.00306. The lowest BCUT2D eigenvalue weighted by atomic mass is 9.96. The Morgan fingerprint density at radius 2 is 1.79 bits per heavy atom. The monoisotopic (exact) mass is 396 g/mol. The lowest BCUT2D eigenvalue weighted by Crippen LogP contribution is -2.43. The second-order valence-electron chi connectivity index (χ2n) is 7.20. The zero-order chi connectivity index (χ0) is 20.1. The van der Waals surface area contributed by atoms with E-state index < -0.39 is 0 Å². The summed E-state index contributed by atoms with van der Waals surface area (Å²) in [5.41, 5.74) is 0.555. The lowest BCUT2D eigenvalue weighted by molar-refractivity contribution is -0.134. The van der Waals surface area contributed by atoms with E-state index in [1.54, 1.807) is 18.2 Å². The van der Waals surface area contributed by atoms with Gasteiger partial charge in [-0.25, -0.2) is 0 Å². The average molecular weight is 396 g/mol. The number of carbonyl (C=O) groups excluding carboxylic acids is 2. The fourth-order valence-corrected chi connectivity index (χ4v) is 3.52. The first kappa shape index (κ1) is 19.1. The number of piperidine rings is 1. The minimum Gasteiger partial charge on any atom is -0.484 e. The van der Waals surface area contributed by atoms with Crippen molar-refractivity contribution >= 4 is 11.8 Å². The van der Waals surface area contributed by atoms with Crippen molar-refractivity contribution in [3.05, 3.63) is 54.1 Å². The molecule has 152 valence electrons. The Kier molecular flexibility index (Phi) is 5.84. The number of ether oxygens (including phenoxy) is 3. The first-order chi connectivity index (χ1) is 14.2. The van der Waals surface area contributed by atoms with E-state index >= 15 is 0 Å². The summed E-state index contributed by atoms with van der Waals surface area (Å²) in [6.45, 7) is 2.20. The number of para-hydroxylation sites is 1. The number of carbonyl (C=O) groups is 2. The molecule has 1 saturated heterocycles. The van der Waals surface area contributed by atoms with Crippen molar-refractivity contribution in [1.29, 1.82) is 0 Å². The molecule has 1 N–H and O–H groups in total. The van der Waals surface area contributed by atoms with Crippen molar-refractivity contribution in [2.24, 2.45) is 5.92 Å². The van der Waals surface area contributed by atoms with E-state index in [0.717, 1.165) is 12.8 Å². The van der Waals surface area contributed by atoms with Gasteiger partial charge in [-0.05, 0) is 49.1 Å². The zero-order valence-electron chi connectivity index (χ0n) is 16.1. The molecule has 1 fully saturated rings. The van der Waals surface area contributed by atoms with Crippen LogP contribution >= 0.6 is 0 Å². The topological polar surface area (TPSA) is 77.1 Å². The van der Waals surface area contributed by atoms with Crippen molar-refractivity contribution in [3.63, 3.8) is 0 Å². The van der Waals surface area contributed by atoms with Gasteiger partial charge in [-0.15, -0.1) is 0 Å². The van der Waals surface area contributed by atoms with Crippen LogP contribution in [0.15, 0.2) is 48.5 Å². The number of likely N-dealkylation sites (tertiary alicyclic amines) is 1. The number of nitrogens with one attached hydrogen (secondary N) is 1. The summed E-state index contributed by atoms with van der Waals surface area (Å²) in [7, 11) is 0. The van der Waals surface area contributed by atoms with Crippen molar-refractivity contribution < 1.29 is 23.8 Å². The van der Waals surface area contributed by atoms with E-state index in [2.05, 4.69) is 5.32 Å². The quantitative estimate of drug-likeness (QED) is 0.812. The molecule has 2 aromatic carbocycles. The molecule has 0 spiro atoms. The molecule has 0 unspecified atom stereocenters. The van der Waals surface area contributed by atoms with Crippen molar-refractivity contribution in [3.8, 4) is 17.2 Å². The predicted octanol–water partition coefficient (Wildman–Crippen LogP) is 2.46. The molecule has 7 nitrogen and oxygen atoms in total. The molecule has 0 atom stereocenters. The molecule has 0 aromatic heterocycles. The van der Waals surface area contributed by atoms with Gasteiger partial charge >= 0.3 is 0 Å². The number of rotatable bonds is 6. The van der Waals surface area contributed by atoms with E-state index in [1.807, 2.05) is 35.2 Å². The van der Waals surface area contributed by atoms with Gasteiger partial charge in [0.2, 0.25) is 6.79 Å². The molecule has 2 aliphatic heterocycles. The Balaban J connectivity index is 1.19. The minimum atomic E-state index is -0.127. The van der Waals surface area contributed by atoms with Crippen LogP contribution in [0.25, 0.3) is 0 Å². The maximum Gasteiger partial charge on any atom is 0.260 e. The van der Waals surface area contributed by atoms with Crippen LogP contribution < -0.4 is 19.5 Å². The molecule has 2 aromatic rings. The Bertz CT molecular complexity index is 863. The molecule has 2 heterocycles. The van der Waals surface area contributed by atoms with Gasteiger partial charge in [0, 0.05) is 25.2 Å². The second kappa shape index (κ2) is 8.86. The van der Waals surface area contributed by atoms with Gasteiger partial charge in [-0.3, -0.25) is 9.59 Å². The van der Waals surface area contributed by atoms with Gasteiger partial charge < -0.3 is 24.4 Å². The summed E-state index contributed by atoms with van der Waals surface area (Å²) in [5.74, 6) is 2.18. The summed E-state index contributed by atoms with van der Waals surface area (Å²) in [5, 5.41) is 2.99. The summed E-state index contributed by atoms with van der Waals surface area (Å²) < 4.78 is 16.1. The molecule has 0 aliphatic carbocycles. The van der Waals surface area contributed by atoms with Crippen molar-refractivity contribution in [2.75, 3.05) is 33.0 Å². The summed E-state index contributed by atoms with van der Waals surface area (Å²) in [4.78, 5) is 26.6. The summed E-state index contributed by atoms with van der Waals surface area (Å²) in [6, 6.07) is 14.5. The maximum absolute atomic E-state index is 12.4. The Labute approximate surface area is 169 Å². The Morgan fingerprint density at radius 1 is 1.03 bits per heavy atom. The van der Waals surface area contributed by atoms with E-state index in [9.17, 15) is 9.59 Å². The van der Waals surface area contributed by atoms with Gasteiger partial charge in [0.1, 0.15) is 5.75 Å². The van der Waals surface area contributed by atoms with Gasteiger partial charge in [0.05, 0.1) is 0 Å². The summed E-state index contributed by atoms with van der Waals surface area (Å²) in [6.07, 6.45) is 1.72. The lowest BCUT2D eigenvalue weighted by Gasteiger charge is -2.32. The van der Waals surface area contributed by atoms with Gasteiger partial charge in [-0.2, -0.15) is 0 Å². The first-order valence-corrected chi connectivity index (χ1v) is 9.82. The van der Waals surface area contributed by atoms with Crippen LogP contribution in [-0.4, -0.2) is 49.7 Å². The van der Waals surface area contributed by atoms with Crippen molar-refractivity contribution in [2.45, 2.75) is 12.8 Å². The number of benzene rings is 2. The zero-order valence-corrected chi connectivity index (χ0v) is 16.1. The number of fused-ring (bicyclic) bond motifs is 1. The van der Waals surface area contributed by atoms with Crippen LogP contribution in [0.1, 0.15) is 23.2 Å². The van der Waals surface area contributed by atoms with Crippen LogP contribution in [0.3, 0.4) is 0 Å². The molecule has 0 radical (unpaired) electrons. The first-order valence-electron chi connectivity index (χ1n) is 9.82. The smallest absolute Gasteiger partial charge is 0.260 e. The molecule has 0 bridgehead atoms. The van der Waals surface area contributed by atoms with E-state index in [-0.39, 0.29) is 25.2 Å². The highest BCUT2D eigenvalue weighted by molar-refractivity contribution is 5.94. The standard InChI is InChI=1S/C22H24N2O5/c25-21(14-27-18-4-2-1-3-5-18)24-10-8-16(9-11-24)13-23-22(26)17-6-7-19-20(12-17)29-15-28-19/h1-7,12,16H,8-11,13-15H2,(H,23,26).